The van der Waals surface area contributed by atoms with Gasteiger partial charge in [-0.25, -0.2) is 0 Å². The third-order valence-corrected chi connectivity index (χ3v) is 2.95. The van der Waals surface area contributed by atoms with Gasteiger partial charge in [0, 0.05) is 44.3 Å². The van der Waals surface area contributed by atoms with Gasteiger partial charge in [-0.1, -0.05) is 0 Å². The maximum Gasteiger partial charge on any atom is 0.190 e. The number of methoxy groups -OCH3 is 1. The number of Topliss-reactive ketones (excluding diaryl/α,β-unsaturated/α-hetero) is 1. The van der Waals surface area contributed by atoms with Crippen molar-refractivity contribution in [2.45, 2.75) is 20.3 Å². The third-order valence-electron chi connectivity index (χ3n) is 2.95. The van der Waals surface area contributed by atoms with Crippen LogP contribution >= 0.6 is 0 Å². The first-order valence-electron chi connectivity index (χ1n) is 5.80. The molecule has 1 aromatic rings. The van der Waals surface area contributed by atoms with E-state index in [1.165, 1.54) is 0 Å². The van der Waals surface area contributed by atoms with Crippen molar-refractivity contribution in [3.8, 4) is 0 Å². The molecule has 1 aromatic heterocycles. The normalized spacial score (nSPS) is 10.8. The van der Waals surface area contributed by atoms with E-state index in [9.17, 15) is 4.79 Å². The highest BCUT2D eigenvalue weighted by Gasteiger charge is 2.13. The Kier molecular flexibility index (Phi) is 5.38. The summed E-state index contributed by atoms with van der Waals surface area (Å²) in [5.74, 6) is 0.0450. The van der Waals surface area contributed by atoms with Crippen molar-refractivity contribution in [1.29, 1.82) is 0 Å². The molecule has 0 saturated carbocycles. The topological polar surface area (TPSA) is 40.5 Å². The van der Waals surface area contributed by atoms with Crippen LogP contribution in [0.25, 0.3) is 0 Å². The van der Waals surface area contributed by atoms with Crippen molar-refractivity contribution in [1.82, 2.24) is 4.57 Å². The zero-order valence-corrected chi connectivity index (χ0v) is 11.1. The third kappa shape index (κ3) is 3.68. The summed E-state index contributed by atoms with van der Waals surface area (Å²) in [5, 5.41) is 0. The van der Waals surface area contributed by atoms with Crippen molar-refractivity contribution in [2.24, 2.45) is 7.05 Å². The molecule has 0 saturated heterocycles. The van der Waals surface area contributed by atoms with E-state index in [2.05, 4.69) is 0 Å². The molecule has 0 atom stereocenters. The highest BCUT2D eigenvalue weighted by atomic mass is 16.5. The monoisotopic (exact) mass is 239 g/mol. The van der Waals surface area contributed by atoms with Crippen LogP contribution in [0.5, 0.6) is 0 Å². The van der Waals surface area contributed by atoms with Gasteiger partial charge in [-0.05, 0) is 26.3 Å². The van der Waals surface area contributed by atoms with Gasteiger partial charge in [-0.15, -0.1) is 0 Å². The summed E-state index contributed by atoms with van der Waals surface area (Å²) in [6.45, 7) is 5.31. The van der Waals surface area contributed by atoms with Gasteiger partial charge < -0.3 is 14.0 Å². The molecule has 0 aliphatic heterocycles. The molecular formula is C13H21NO3. The first kappa shape index (κ1) is 13.9. The van der Waals surface area contributed by atoms with Crippen LogP contribution in [0.2, 0.25) is 0 Å². The number of rotatable bonds is 7. The molecule has 96 valence electrons. The molecule has 17 heavy (non-hydrogen) atoms. The van der Waals surface area contributed by atoms with Crippen molar-refractivity contribution >= 4 is 5.78 Å². The summed E-state index contributed by atoms with van der Waals surface area (Å²) < 4.78 is 12.2. The number of nitrogens with zero attached hydrogens (tertiary/aromatic N) is 1. The molecular weight excluding hydrogens is 218 g/mol. The quantitative estimate of drug-likeness (QED) is 0.539. The minimum absolute atomic E-state index is 0.0450. The fourth-order valence-corrected chi connectivity index (χ4v) is 1.69. The molecule has 0 aromatic carbocycles. The first-order chi connectivity index (χ1) is 8.07. The summed E-state index contributed by atoms with van der Waals surface area (Å²) in [7, 11) is 3.61. The Bertz CT molecular complexity index is 382. The largest absolute Gasteiger partial charge is 0.385 e. The minimum atomic E-state index is 0.0450. The zero-order valence-electron chi connectivity index (χ0n) is 11.1. The average molecular weight is 239 g/mol. The number of hydrogen-bond acceptors (Lipinski definition) is 3. The summed E-state index contributed by atoms with van der Waals surface area (Å²) in [4.78, 5) is 11.9. The number of ketones is 1. The number of hydrogen-bond donors (Lipinski definition) is 0. The van der Waals surface area contributed by atoms with Gasteiger partial charge in [0.15, 0.2) is 5.78 Å². The number of aromatic nitrogens is 1. The maximum atomic E-state index is 11.9. The lowest BCUT2D eigenvalue weighted by Crippen LogP contribution is -2.11. The standard InChI is InChI=1S/C13H21NO3/c1-10-8-12(11(2)14(10)3)13(15)9-17-7-5-6-16-4/h8H,5-7,9H2,1-4H3. The molecule has 0 spiro atoms. The van der Waals surface area contributed by atoms with E-state index in [-0.39, 0.29) is 12.4 Å². The van der Waals surface area contributed by atoms with Crippen molar-refractivity contribution in [3.63, 3.8) is 0 Å². The Hall–Kier alpha value is -1.13. The van der Waals surface area contributed by atoms with Gasteiger partial charge in [0.1, 0.15) is 6.61 Å². The molecule has 0 aliphatic rings. The van der Waals surface area contributed by atoms with E-state index < -0.39 is 0 Å². The SMILES string of the molecule is COCCCOCC(=O)c1cc(C)n(C)c1C. The molecule has 0 unspecified atom stereocenters. The van der Waals surface area contributed by atoms with Crippen LogP contribution in [-0.2, 0) is 16.5 Å². The summed E-state index contributed by atoms with van der Waals surface area (Å²) in [5.41, 5.74) is 2.84. The maximum absolute atomic E-state index is 11.9. The molecule has 1 heterocycles. The molecule has 0 fully saturated rings. The van der Waals surface area contributed by atoms with E-state index in [4.69, 9.17) is 9.47 Å². The van der Waals surface area contributed by atoms with Crippen LogP contribution < -0.4 is 0 Å². The number of carbonyl (C=O) groups is 1. The fraction of sp³-hybridized carbons (Fsp3) is 0.615. The summed E-state index contributed by atoms with van der Waals surface area (Å²) in [6.07, 6.45) is 0.816. The lowest BCUT2D eigenvalue weighted by atomic mass is 10.1. The second kappa shape index (κ2) is 6.57. The van der Waals surface area contributed by atoms with Crippen molar-refractivity contribution < 1.29 is 14.3 Å². The van der Waals surface area contributed by atoms with Gasteiger partial charge in [-0.3, -0.25) is 4.79 Å². The van der Waals surface area contributed by atoms with Crippen LogP contribution in [0, 0.1) is 13.8 Å². The highest BCUT2D eigenvalue weighted by Crippen LogP contribution is 2.13. The van der Waals surface area contributed by atoms with E-state index in [1.807, 2.05) is 31.5 Å². The fourth-order valence-electron chi connectivity index (χ4n) is 1.69. The first-order valence-corrected chi connectivity index (χ1v) is 5.80. The predicted octanol–water partition coefficient (Wildman–Crippen LogP) is 1.88. The van der Waals surface area contributed by atoms with Crippen LogP contribution in [0.15, 0.2) is 6.07 Å². The molecule has 0 bridgehead atoms. The predicted molar refractivity (Wildman–Crippen MR) is 66.5 cm³/mol. The van der Waals surface area contributed by atoms with Crippen molar-refractivity contribution in [2.75, 3.05) is 26.9 Å². The Balaban J connectivity index is 2.44. The van der Waals surface area contributed by atoms with Crippen LogP contribution in [0.1, 0.15) is 28.2 Å². The van der Waals surface area contributed by atoms with Gasteiger partial charge in [-0.2, -0.15) is 0 Å². The van der Waals surface area contributed by atoms with E-state index in [0.717, 1.165) is 23.4 Å². The smallest absolute Gasteiger partial charge is 0.190 e. The minimum Gasteiger partial charge on any atom is -0.385 e. The van der Waals surface area contributed by atoms with E-state index in [1.54, 1.807) is 7.11 Å². The average Bonchev–Trinajstić information content (AvgIpc) is 2.56. The van der Waals surface area contributed by atoms with Crippen molar-refractivity contribution in [3.05, 3.63) is 23.0 Å². The summed E-state index contributed by atoms with van der Waals surface area (Å²) in [6, 6.07) is 1.91. The Morgan fingerprint density at radius 1 is 1.35 bits per heavy atom. The molecule has 1 rings (SSSR count). The van der Waals surface area contributed by atoms with Crippen LogP contribution in [-0.4, -0.2) is 37.3 Å². The lowest BCUT2D eigenvalue weighted by Gasteiger charge is -2.04. The van der Waals surface area contributed by atoms with Crippen LogP contribution in [0.4, 0.5) is 0 Å². The van der Waals surface area contributed by atoms with Gasteiger partial charge in [0.2, 0.25) is 0 Å². The highest BCUT2D eigenvalue weighted by molar-refractivity contribution is 5.98. The summed E-state index contributed by atoms with van der Waals surface area (Å²) >= 11 is 0. The Morgan fingerprint density at radius 2 is 2.06 bits per heavy atom. The molecule has 4 heteroatoms. The van der Waals surface area contributed by atoms with Gasteiger partial charge in [0.05, 0.1) is 0 Å². The Labute approximate surface area is 103 Å². The van der Waals surface area contributed by atoms with Gasteiger partial charge >= 0.3 is 0 Å². The second-order valence-corrected chi connectivity index (χ2v) is 4.17. The molecule has 0 radical (unpaired) electrons. The molecule has 0 aliphatic carbocycles. The number of ether oxygens (including phenoxy) is 2. The van der Waals surface area contributed by atoms with E-state index in [0.29, 0.717) is 13.2 Å². The van der Waals surface area contributed by atoms with E-state index >= 15 is 0 Å². The molecule has 0 amide bonds. The second-order valence-electron chi connectivity index (χ2n) is 4.17. The number of aryl methyl sites for hydroxylation is 1. The lowest BCUT2D eigenvalue weighted by molar-refractivity contribution is 0.0704. The van der Waals surface area contributed by atoms with Gasteiger partial charge in [0.25, 0.3) is 0 Å². The molecule has 4 nitrogen and oxygen atoms in total. The number of carbonyl (C=O) groups excluding carboxylic acids is 1. The van der Waals surface area contributed by atoms with Crippen LogP contribution in [0.3, 0.4) is 0 Å². The zero-order chi connectivity index (χ0) is 12.8. The molecule has 0 N–H and O–H groups in total. The Morgan fingerprint density at radius 3 is 2.59 bits per heavy atom.